The molecule has 0 aromatic heterocycles. The number of benzene rings is 3. The summed E-state index contributed by atoms with van der Waals surface area (Å²) < 4.78 is 24.1. The Morgan fingerprint density at radius 1 is 0.917 bits per heavy atom. The number of methoxy groups -OCH3 is 2. The number of rotatable bonds is 6. The molecule has 0 radical (unpaired) electrons. The summed E-state index contributed by atoms with van der Waals surface area (Å²) in [5.74, 6) is -3.95. The molecule has 0 spiro atoms. The molecule has 9 nitrogen and oxygen atoms in total. The number of ether oxygens (including phenoxy) is 2. The lowest BCUT2D eigenvalue weighted by Gasteiger charge is -2.30. The highest BCUT2D eigenvalue weighted by Gasteiger charge is 2.61. The number of amides is 2. The normalized spacial score (nSPS) is 21.0. The van der Waals surface area contributed by atoms with Crippen molar-refractivity contribution in [1.29, 1.82) is 0 Å². The molecule has 3 aromatic rings. The van der Waals surface area contributed by atoms with Crippen LogP contribution in [0.3, 0.4) is 0 Å². The van der Waals surface area contributed by atoms with Crippen molar-refractivity contribution >= 4 is 29.2 Å². The molecule has 0 saturated carbocycles. The number of hydrogen-bond donors (Lipinski definition) is 1. The zero-order valence-electron chi connectivity index (χ0n) is 19.3. The molecule has 5 rings (SSSR count). The Morgan fingerprint density at radius 3 is 2.22 bits per heavy atom. The molecule has 2 aliphatic rings. The van der Waals surface area contributed by atoms with Crippen LogP contribution < -0.4 is 19.4 Å². The lowest BCUT2D eigenvalue weighted by atomic mass is 9.87. The number of carbonyl (C=O) groups is 3. The van der Waals surface area contributed by atoms with Gasteiger partial charge in [0.05, 0.1) is 31.6 Å². The lowest BCUT2D eigenvalue weighted by Crippen LogP contribution is -2.37. The first-order chi connectivity index (χ1) is 17.4. The van der Waals surface area contributed by atoms with Gasteiger partial charge in [0.25, 0.3) is 5.91 Å². The summed E-state index contributed by atoms with van der Waals surface area (Å²) in [4.78, 5) is 46.5. The largest absolute Gasteiger partial charge is 0.493 e. The molecule has 36 heavy (non-hydrogen) atoms. The van der Waals surface area contributed by atoms with Crippen LogP contribution in [0.1, 0.15) is 22.0 Å². The first kappa shape index (κ1) is 23.3. The third-order valence-corrected chi connectivity index (χ3v) is 6.32. The molecule has 2 aliphatic heterocycles. The van der Waals surface area contributed by atoms with Crippen LogP contribution in [0.5, 0.6) is 11.5 Å². The molecular formula is C26H21FN2O7. The van der Waals surface area contributed by atoms with E-state index in [1.54, 1.807) is 30.3 Å². The number of anilines is 2. The second-order valence-corrected chi connectivity index (χ2v) is 8.22. The second-order valence-electron chi connectivity index (χ2n) is 8.22. The van der Waals surface area contributed by atoms with Crippen molar-refractivity contribution in [1.82, 2.24) is 0 Å². The van der Waals surface area contributed by atoms with Gasteiger partial charge in [0.1, 0.15) is 17.3 Å². The monoisotopic (exact) mass is 492 g/mol. The zero-order valence-corrected chi connectivity index (χ0v) is 19.3. The summed E-state index contributed by atoms with van der Waals surface area (Å²) in [6.45, 7) is 0. The number of carboxylic acid groups (broad SMARTS) is 1. The van der Waals surface area contributed by atoms with E-state index in [0.29, 0.717) is 5.69 Å². The van der Waals surface area contributed by atoms with Crippen molar-refractivity contribution in [3.8, 4) is 11.5 Å². The van der Waals surface area contributed by atoms with Gasteiger partial charge in [-0.3, -0.25) is 14.4 Å². The van der Waals surface area contributed by atoms with Crippen LogP contribution >= 0.6 is 0 Å². The molecule has 184 valence electrons. The zero-order chi connectivity index (χ0) is 25.6. The molecular weight excluding hydrogens is 471 g/mol. The highest BCUT2D eigenvalue weighted by atomic mass is 19.1. The third-order valence-electron chi connectivity index (χ3n) is 6.32. The molecule has 2 amide bonds. The number of fused-ring (bicyclic) bond motifs is 1. The molecule has 0 unspecified atom stereocenters. The lowest BCUT2D eigenvalue weighted by molar-refractivity contribution is -0.126. The maximum absolute atomic E-state index is 13.7. The topological polar surface area (TPSA) is 106 Å². The van der Waals surface area contributed by atoms with Gasteiger partial charge in [-0.05, 0) is 48.0 Å². The van der Waals surface area contributed by atoms with E-state index in [4.69, 9.17) is 14.3 Å². The number of carbonyl (C=O) groups excluding carboxylic acids is 2. The van der Waals surface area contributed by atoms with Crippen molar-refractivity contribution in [3.05, 3.63) is 83.7 Å². The van der Waals surface area contributed by atoms with Crippen molar-refractivity contribution in [2.75, 3.05) is 24.2 Å². The standard InChI is InChI=1S/C26H21FN2O7/c1-34-18-13-12-17(19(26(32)33)22(18)35-2)21-20-23(36-29(21)16-6-4-3-5-7-16)25(31)28(24(20)30)15-10-8-14(27)9-11-15/h3-13,20-21,23H,1-2H3,(H,32,33)/t20-,21+,23+/m1/s1. The molecule has 0 aliphatic carbocycles. The molecule has 3 atom stereocenters. The van der Waals surface area contributed by atoms with E-state index in [1.807, 2.05) is 0 Å². The summed E-state index contributed by atoms with van der Waals surface area (Å²) >= 11 is 0. The summed E-state index contributed by atoms with van der Waals surface area (Å²) in [5, 5.41) is 11.5. The summed E-state index contributed by atoms with van der Waals surface area (Å²) in [5.41, 5.74) is 0.711. The van der Waals surface area contributed by atoms with Crippen LogP contribution in [0, 0.1) is 11.7 Å². The molecule has 2 heterocycles. The molecule has 2 fully saturated rings. The molecule has 0 bridgehead atoms. The average Bonchev–Trinajstić information content (AvgIpc) is 3.39. The highest BCUT2D eigenvalue weighted by Crippen LogP contribution is 2.50. The van der Waals surface area contributed by atoms with Crippen LogP contribution in [-0.2, 0) is 14.4 Å². The predicted octanol–water partition coefficient (Wildman–Crippen LogP) is 3.59. The predicted molar refractivity (Wildman–Crippen MR) is 125 cm³/mol. The van der Waals surface area contributed by atoms with E-state index in [9.17, 15) is 23.9 Å². The van der Waals surface area contributed by atoms with Gasteiger partial charge in [0.15, 0.2) is 17.6 Å². The van der Waals surface area contributed by atoms with Crippen LogP contribution in [0.25, 0.3) is 0 Å². The maximum Gasteiger partial charge on any atom is 0.339 e. The highest BCUT2D eigenvalue weighted by molar-refractivity contribution is 6.24. The third kappa shape index (κ3) is 3.54. The van der Waals surface area contributed by atoms with E-state index in [2.05, 4.69) is 0 Å². The Bertz CT molecular complexity index is 1350. The number of imide groups is 1. The van der Waals surface area contributed by atoms with Gasteiger partial charge in [-0.25, -0.2) is 19.1 Å². The molecule has 3 aromatic carbocycles. The second kappa shape index (κ2) is 8.97. The minimum Gasteiger partial charge on any atom is -0.493 e. The van der Waals surface area contributed by atoms with Crippen LogP contribution in [-0.4, -0.2) is 43.2 Å². The summed E-state index contributed by atoms with van der Waals surface area (Å²) in [6, 6.07) is 15.8. The number of para-hydroxylation sites is 1. The number of aromatic carboxylic acids is 1. The first-order valence-corrected chi connectivity index (χ1v) is 11.0. The fourth-order valence-electron chi connectivity index (χ4n) is 4.78. The van der Waals surface area contributed by atoms with Crippen molar-refractivity contribution in [2.24, 2.45) is 5.92 Å². The van der Waals surface area contributed by atoms with Crippen molar-refractivity contribution in [2.45, 2.75) is 12.1 Å². The Hall–Kier alpha value is -4.44. The Morgan fingerprint density at radius 2 is 1.61 bits per heavy atom. The van der Waals surface area contributed by atoms with Gasteiger partial charge in [-0.1, -0.05) is 24.3 Å². The van der Waals surface area contributed by atoms with E-state index in [1.165, 1.54) is 43.5 Å². The number of nitrogens with zero attached hydrogens (tertiary/aromatic N) is 2. The SMILES string of the molecule is COc1ccc([C@H]2[C@H]3C(=O)N(c4ccc(F)cc4)C(=O)[C@H]3ON2c2ccccc2)c(C(=O)O)c1OC. The fourth-order valence-corrected chi connectivity index (χ4v) is 4.78. The molecule has 2 saturated heterocycles. The fraction of sp³-hybridized carbons (Fsp3) is 0.192. The van der Waals surface area contributed by atoms with E-state index < -0.39 is 41.7 Å². The van der Waals surface area contributed by atoms with Gasteiger partial charge < -0.3 is 14.6 Å². The van der Waals surface area contributed by atoms with Crippen molar-refractivity contribution < 1.29 is 38.2 Å². The van der Waals surface area contributed by atoms with Gasteiger partial charge in [0, 0.05) is 0 Å². The Labute approximate surface area is 205 Å². The smallest absolute Gasteiger partial charge is 0.339 e. The summed E-state index contributed by atoms with van der Waals surface area (Å²) in [7, 11) is 2.70. The van der Waals surface area contributed by atoms with Gasteiger partial charge in [-0.2, -0.15) is 0 Å². The van der Waals surface area contributed by atoms with E-state index >= 15 is 0 Å². The number of halogens is 1. The van der Waals surface area contributed by atoms with Crippen molar-refractivity contribution in [3.63, 3.8) is 0 Å². The van der Waals surface area contributed by atoms with Crippen LogP contribution in [0.15, 0.2) is 66.7 Å². The van der Waals surface area contributed by atoms with Gasteiger partial charge in [0.2, 0.25) is 5.91 Å². The van der Waals surface area contributed by atoms with Crippen LogP contribution in [0.4, 0.5) is 15.8 Å². The van der Waals surface area contributed by atoms with Gasteiger partial charge >= 0.3 is 5.97 Å². The molecule has 10 heteroatoms. The van der Waals surface area contributed by atoms with E-state index in [0.717, 1.165) is 17.0 Å². The minimum atomic E-state index is -1.30. The van der Waals surface area contributed by atoms with Gasteiger partial charge in [-0.15, -0.1) is 0 Å². The Kier molecular flexibility index (Phi) is 5.81. The van der Waals surface area contributed by atoms with Crippen LogP contribution in [0.2, 0.25) is 0 Å². The average molecular weight is 492 g/mol. The summed E-state index contributed by atoms with van der Waals surface area (Å²) in [6.07, 6.45) is -1.22. The van der Waals surface area contributed by atoms with E-state index in [-0.39, 0.29) is 28.3 Å². The number of carboxylic acids is 1. The number of hydrogen-bond acceptors (Lipinski definition) is 7. The molecule has 1 N–H and O–H groups in total. The Balaban J connectivity index is 1.68. The maximum atomic E-state index is 13.7. The quantitative estimate of drug-likeness (QED) is 0.521. The minimum absolute atomic E-state index is 0.0221. The number of hydroxylamine groups is 1. The first-order valence-electron chi connectivity index (χ1n) is 11.0.